The van der Waals surface area contributed by atoms with E-state index >= 15 is 0 Å². The molecule has 130 valence electrons. The summed E-state index contributed by atoms with van der Waals surface area (Å²) in [5.74, 6) is 0.678. The van der Waals surface area contributed by atoms with Crippen LogP contribution >= 0.6 is 27.5 Å². The number of nitrogens with zero attached hydrogens (tertiary/aromatic N) is 1. The van der Waals surface area contributed by atoms with Crippen LogP contribution in [0, 0.1) is 6.92 Å². The Labute approximate surface area is 162 Å². The number of furan rings is 1. The number of imidazole rings is 1. The van der Waals surface area contributed by atoms with Gasteiger partial charge < -0.3 is 14.7 Å². The minimum atomic E-state index is -0.308. The number of hydrogen-bond acceptors (Lipinski definition) is 3. The summed E-state index contributed by atoms with van der Waals surface area (Å²) in [7, 11) is 0. The molecule has 0 bridgehead atoms. The molecule has 4 rings (SSSR count). The number of benzene rings is 2. The Bertz CT molecular complexity index is 1080. The summed E-state index contributed by atoms with van der Waals surface area (Å²) in [5, 5.41) is 3.48. The zero-order chi connectivity index (χ0) is 18.3. The van der Waals surface area contributed by atoms with Gasteiger partial charge in [-0.3, -0.25) is 4.79 Å². The van der Waals surface area contributed by atoms with Crippen molar-refractivity contribution in [2.24, 2.45) is 0 Å². The van der Waals surface area contributed by atoms with E-state index in [0.29, 0.717) is 15.4 Å². The second-order valence-corrected chi connectivity index (χ2v) is 7.03. The van der Waals surface area contributed by atoms with Crippen molar-refractivity contribution in [3.05, 3.63) is 69.5 Å². The molecule has 1 amide bonds. The number of aromatic nitrogens is 2. The van der Waals surface area contributed by atoms with Crippen LogP contribution in [-0.4, -0.2) is 15.9 Å². The van der Waals surface area contributed by atoms with Crippen LogP contribution in [0.2, 0.25) is 5.02 Å². The molecule has 0 aliphatic heterocycles. The molecule has 7 heteroatoms. The number of carbonyl (C=O) groups excluding carboxylic acids is 1. The largest absolute Gasteiger partial charge is 0.444 e. The molecule has 0 unspecified atom stereocenters. The van der Waals surface area contributed by atoms with E-state index in [2.05, 4.69) is 31.2 Å². The summed E-state index contributed by atoms with van der Waals surface area (Å²) in [6, 6.07) is 14.5. The minimum Gasteiger partial charge on any atom is -0.444 e. The number of halogens is 2. The van der Waals surface area contributed by atoms with Gasteiger partial charge in [0.05, 0.1) is 11.0 Å². The SMILES string of the molecule is Cc1cc2[nH]c(-c3ccc(NC(=O)c4ccc(Br)o4)cc3)nc2cc1Cl. The first-order valence-corrected chi connectivity index (χ1v) is 9.00. The number of hydrogen-bond donors (Lipinski definition) is 2. The first-order valence-electron chi connectivity index (χ1n) is 7.82. The summed E-state index contributed by atoms with van der Waals surface area (Å²) < 4.78 is 5.75. The number of anilines is 1. The molecule has 2 aromatic carbocycles. The van der Waals surface area contributed by atoms with Gasteiger partial charge in [-0.1, -0.05) is 11.6 Å². The maximum absolute atomic E-state index is 12.1. The smallest absolute Gasteiger partial charge is 0.291 e. The van der Waals surface area contributed by atoms with Crippen molar-refractivity contribution in [3.63, 3.8) is 0 Å². The molecule has 5 nitrogen and oxygen atoms in total. The van der Waals surface area contributed by atoms with E-state index in [0.717, 1.165) is 28.0 Å². The molecule has 0 radical (unpaired) electrons. The van der Waals surface area contributed by atoms with Crippen molar-refractivity contribution in [2.75, 3.05) is 5.32 Å². The molecule has 2 heterocycles. The lowest BCUT2D eigenvalue weighted by atomic mass is 10.2. The number of amides is 1. The van der Waals surface area contributed by atoms with Gasteiger partial charge in [-0.15, -0.1) is 0 Å². The summed E-state index contributed by atoms with van der Waals surface area (Å²) >= 11 is 9.34. The summed E-state index contributed by atoms with van der Waals surface area (Å²) in [4.78, 5) is 20.0. The number of aromatic amines is 1. The molecule has 26 heavy (non-hydrogen) atoms. The summed E-state index contributed by atoms with van der Waals surface area (Å²) in [6.07, 6.45) is 0. The maximum atomic E-state index is 12.1. The van der Waals surface area contributed by atoms with Crippen molar-refractivity contribution in [3.8, 4) is 11.4 Å². The van der Waals surface area contributed by atoms with Gasteiger partial charge in [0.25, 0.3) is 5.91 Å². The molecule has 0 aliphatic rings. The first-order chi connectivity index (χ1) is 12.5. The normalized spacial score (nSPS) is 11.0. The van der Waals surface area contributed by atoms with Crippen molar-refractivity contribution in [1.29, 1.82) is 0 Å². The van der Waals surface area contributed by atoms with Crippen molar-refractivity contribution in [1.82, 2.24) is 9.97 Å². The number of nitrogens with one attached hydrogen (secondary N) is 2. The highest BCUT2D eigenvalue weighted by molar-refractivity contribution is 9.10. The fourth-order valence-electron chi connectivity index (χ4n) is 2.62. The zero-order valence-corrected chi connectivity index (χ0v) is 16.0. The third kappa shape index (κ3) is 3.25. The van der Waals surface area contributed by atoms with Crippen LogP contribution in [0.5, 0.6) is 0 Å². The fourth-order valence-corrected chi connectivity index (χ4v) is 3.08. The second-order valence-electron chi connectivity index (χ2n) is 5.84. The van der Waals surface area contributed by atoms with Gasteiger partial charge in [0, 0.05) is 16.3 Å². The van der Waals surface area contributed by atoms with Gasteiger partial charge in [-0.2, -0.15) is 0 Å². The highest BCUT2D eigenvalue weighted by Gasteiger charge is 2.11. The van der Waals surface area contributed by atoms with Crippen molar-refractivity contribution < 1.29 is 9.21 Å². The minimum absolute atomic E-state index is 0.241. The Hall–Kier alpha value is -2.57. The molecule has 0 fully saturated rings. The van der Waals surface area contributed by atoms with Crippen LogP contribution in [-0.2, 0) is 0 Å². The van der Waals surface area contributed by atoms with E-state index in [1.807, 2.05) is 43.3 Å². The molecule has 4 aromatic rings. The number of fused-ring (bicyclic) bond motifs is 1. The molecule has 0 spiro atoms. The van der Waals surface area contributed by atoms with Crippen molar-refractivity contribution in [2.45, 2.75) is 6.92 Å². The highest BCUT2D eigenvalue weighted by Crippen LogP contribution is 2.26. The molecular formula is C19H13BrClN3O2. The Morgan fingerprint density at radius 2 is 1.96 bits per heavy atom. The molecule has 0 saturated carbocycles. The Kier molecular flexibility index (Phi) is 4.30. The predicted octanol–water partition coefficient (Wildman–Crippen LogP) is 5.80. The summed E-state index contributed by atoms with van der Waals surface area (Å²) in [5.41, 5.74) is 4.33. The van der Waals surface area contributed by atoms with E-state index in [1.165, 1.54) is 0 Å². The van der Waals surface area contributed by atoms with E-state index in [4.69, 9.17) is 16.0 Å². The molecule has 0 atom stereocenters. The van der Waals surface area contributed by atoms with E-state index < -0.39 is 0 Å². The van der Waals surface area contributed by atoms with Crippen LogP contribution in [0.1, 0.15) is 16.1 Å². The number of H-pyrrole nitrogens is 1. The number of aryl methyl sites for hydroxylation is 1. The van der Waals surface area contributed by atoms with Crippen LogP contribution < -0.4 is 5.32 Å². The van der Waals surface area contributed by atoms with Gasteiger partial charge in [0.2, 0.25) is 0 Å². The maximum Gasteiger partial charge on any atom is 0.291 e. The predicted molar refractivity (Wildman–Crippen MR) is 106 cm³/mol. The highest BCUT2D eigenvalue weighted by atomic mass is 79.9. The lowest BCUT2D eigenvalue weighted by Gasteiger charge is -2.04. The Morgan fingerprint density at radius 1 is 1.19 bits per heavy atom. The number of carbonyl (C=O) groups is 1. The van der Waals surface area contributed by atoms with Crippen LogP contribution in [0.15, 0.2) is 57.6 Å². The topological polar surface area (TPSA) is 70.9 Å². The monoisotopic (exact) mass is 429 g/mol. The van der Waals surface area contributed by atoms with Gasteiger partial charge in [-0.05, 0) is 76.9 Å². The average Bonchev–Trinajstić information content (AvgIpc) is 3.22. The molecule has 0 aliphatic carbocycles. The van der Waals surface area contributed by atoms with E-state index in [1.54, 1.807) is 12.1 Å². The van der Waals surface area contributed by atoms with Gasteiger partial charge in [0.1, 0.15) is 5.82 Å². The van der Waals surface area contributed by atoms with Crippen molar-refractivity contribution >= 4 is 50.2 Å². The van der Waals surface area contributed by atoms with Gasteiger partial charge in [0.15, 0.2) is 10.4 Å². The Morgan fingerprint density at radius 3 is 2.65 bits per heavy atom. The molecule has 2 aromatic heterocycles. The van der Waals surface area contributed by atoms with Crippen LogP contribution in [0.3, 0.4) is 0 Å². The van der Waals surface area contributed by atoms with E-state index in [9.17, 15) is 4.79 Å². The third-order valence-corrected chi connectivity index (χ3v) is 4.81. The van der Waals surface area contributed by atoms with Crippen LogP contribution in [0.25, 0.3) is 22.4 Å². The van der Waals surface area contributed by atoms with E-state index in [-0.39, 0.29) is 11.7 Å². The second kappa shape index (κ2) is 6.63. The first kappa shape index (κ1) is 16.9. The lowest BCUT2D eigenvalue weighted by Crippen LogP contribution is -2.10. The standard InChI is InChI=1S/C19H13BrClN3O2/c1-10-8-14-15(9-13(10)21)24-18(23-14)11-2-4-12(5-3-11)22-19(25)16-6-7-17(20)26-16/h2-9H,1H3,(H,22,25)(H,23,24). The third-order valence-electron chi connectivity index (χ3n) is 3.98. The zero-order valence-electron chi connectivity index (χ0n) is 13.6. The van der Waals surface area contributed by atoms with Crippen LogP contribution in [0.4, 0.5) is 5.69 Å². The molecule has 0 saturated heterocycles. The van der Waals surface area contributed by atoms with Gasteiger partial charge >= 0.3 is 0 Å². The lowest BCUT2D eigenvalue weighted by molar-refractivity contribution is 0.0995. The summed E-state index contributed by atoms with van der Waals surface area (Å²) in [6.45, 7) is 1.96. The number of rotatable bonds is 3. The average molecular weight is 431 g/mol. The quantitative estimate of drug-likeness (QED) is 0.431. The molecule has 2 N–H and O–H groups in total. The van der Waals surface area contributed by atoms with Gasteiger partial charge in [-0.25, -0.2) is 4.98 Å². The molecular weight excluding hydrogens is 418 g/mol. The Balaban J connectivity index is 1.57. The fraction of sp³-hybridized carbons (Fsp3) is 0.0526.